The van der Waals surface area contributed by atoms with E-state index in [4.69, 9.17) is 9.84 Å². The lowest BCUT2D eigenvalue weighted by molar-refractivity contribution is -0.143. The average Bonchev–Trinajstić information content (AvgIpc) is 3.00. The van der Waals surface area contributed by atoms with Crippen molar-refractivity contribution < 1.29 is 19.4 Å². The number of imidazole rings is 1. The van der Waals surface area contributed by atoms with Gasteiger partial charge in [0, 0.05) is 24.9 Å². The molecule has 0 aromatic carbocycles. The van der Waals surface area contributed by atoms with Crippen LogP contribution in [0.4, 0.5) is 0 Å². The van der Waals surface area contributed by atoms with Crippen molar-refractivity contribution in [3.63, 3.8) is 0 Å². The van der Waals surface area contributed by atoms with Gasteiger partial charge in [-0.1, -0.05) is 0 Å². The van der Waals surface area contributed by atoms with Crippen molar-refractivity contribution >= 4 is 11.9 Å². The van der Waals surface area contributed by atoms with E-state index < -0.39 is 18.1 Å². The highest BCUT2D eigenvalue weighted by molar-refractivity contribution is 5.86. The smallest absolute Gasteiger partial charge is 0.326 e. The van der Waals surface area contributed by atoms with Gasteiger partial charge < -0.3 is 20.1 Å². The molecule has 2 heterocycles. The molecule has 2 rings (SSSR count). The van der Waals surface area contributed by atoms with Gasteiger partial charge in [0.05, 0.1) is 6.33 Å². The van der Waals surface area contributed by atoms with Crippen LogP contribution < -0.4 is 5.32 Å². The minimum atomic E-state index is -1.07. The number of carboxylic acids is 1. The summed E-state index contributed by atoms with van der Waals surface area (Å²) in [7, 11) is 0. The van der Waals surface area contributed by atoms with Gasteiger partial charge in [-0.25, -0.2) is 9.78 Å². The van der Waals surface area contributed by atoms with Gasteiger partial charge in [0.25, 0.3) is 0 Å². The highest BCUT2D eigenvalue weighted by atomic mass is 16.5. The summed E-state index contributed by atoms with van der Waals surface area (Å²) in [4.78, 5) is 29.5. The van der Waals surface area contributed by atoms with Gasteiger partial charge in [0.15, 0.2) is 0 Å². The normalized spacial score (nSPS) is 20.6. The number of rotatable bonds is 5. The van der Waals surface area contributed by atoms with Gasteiger partial charge in [-0.15, -0.1) is 0 Å². The number of hydrogen-bond acceptors (Lipinski definition) is 4. The van der Waals surface area contributed by atoms with E-state index in [-0.39, 0.29) is 12.3 Å². The Morgan fingerprint density at radius 3 is 3.06 bits per heavy atom. The second-order valence-corrected chi connectivity index (χ2v) is 4.18. The van der Waals surface area contributed by atoms with Crippen LogP contribution in [0.5, 0.6) is 0 Å². The number of aliphatic carboxylic acids is 1. The van der Waals surface area contributed by atoms with E-state index in [2.05, 4.69) is 15.3 Å². The molecule has 1 fully saturated rings. The van der Waals surface area contributed by atoms with Crippen molar-refractivity contribution in [1.29, 1.82) is 0 Å². The molecule has 1 aliphatic heterocycles. The number of aromatic amines is 1. The maximum Gasteiger partial charge on any atom is 0.326 e. The van der Waals surface area contributed by atoms with Crippen LogP contribution in [0.15, 0.2) is 12.5 Å². The van der Waals surface area contributed by atoms with E-state index in [1.54, 1.807) is 0 Å². The molecule has 18 heavy (non-hydrogen) atoms. The second-order valence-electron chi connectivity index (χ2n) is 4.18. The van der Waals surface area contributed by atoms with Crippen LogP contribution in [0.25, 0.3) is 0 Å². The topological polar surface area (TPSA) is 104 Å². The molecule has 1 aromatic heterocycles. The molecule has 7 nitrogen and oxygen atoms in total. The quantitative estimate of drug-likeness (QED) is 0.668. The summed E-state index contributed by atoms with van der Waals surface area (Å²) in [6.07, 6.45) is 4.13. The molecule has 0 spiro atoms. The van der Waals surface area contributed by atoms with Crippen LogP contribution >= 0.6 is 0 Å². The van der Waals surface area contributed by atoms with Gasteiger partial charge in [-0.05, 0) is 12.8 Å². The Bertz CT molecular complexity index is 412. The summed E-state index contributed by atoms with van der Waals surface area (Å²) in [5, 5.41) is 11.6. The third-order valence-electron chi connectivity index (χ3n) is 2.82. The zero-order chi connectivity index (χ0) is 13.0. The Kier molecular flexibility index (Phi) is 3.93. The van der Waals surface area contributed by atoms with Crippen molar-refractivity contribution in [2.75, 3.05) is 6.61 Å². The number of hydrogen-bond donors (Lipinski definition) is 3. The third-order valence-corrected chi connectivity index (χ3v) is 2.82. The summed E-state index contributed by atoms with van der Waals surface area (Å²) in [5.74, 6) is -1.43. The lowest BCUT2D eigenvalue weighted by atomic mass is 10.1. The zero-order valence-corrected chi connectivity index (χ0v) is 9.76. The average molecular weight is 253 g/mol. The molecule has 7 heteroatoms. The Balaban J connectivity index is 1.93. The van der Waals surface area contributed by atoms with Crippen LogP contribution in [0.1, 0.15) is 18.5 Å². The summed E-state index contributed by atoms with van der Waals surface area (Å²) in [5.41, 5.74) is 0.662. The number of amides is 1. The molecule has 1 amide bonds. The molecule has 1 saturated heterocycles. The van der Waals surface area contributed by atoms with Crippen LogP contribution in [-0.4, -0.2) is 45.7 Å². The predicted octanol–water partition coefficient (Wildman–Crippen LogP) is -0.299. The fourth-order valence-corrected chi connectivity index (χ4v) is 1.87. The molecule has 0 saturated carbocycles. The van der Waals surface area contributed by atoms with E-state index >= 15 is 0 Å². The third kappa shape index (κ3) is 3.07. The molecule has 1 aliphatic rings. The van der Waals surface area contributed by atoms with Crippen LogP contribution in [0.3, 0.4) is 0 Å². The number of carboxylic acid groups (broad SMARTS) is 1. The molecule has 2 atom stereocenters. The van der Waals surface area contributed by atoms with Gasteiger partial charge >= 0.3 is 5.97 Å². The van der Waals surface area contributed by atoms with Crippen LogP contribution in [0, 0.1) is 0 Å². The largest absolute Gasteiger partial charge is 0.480 e. The SMILES string of the molecule is O=C(O)C(Cc1cnc[nH]1)NC(=O)[C@H]1CCCO1. The Morgan fingerprint density at radius 1 is 1.67 bits per heavy atom. The van der Waals surface area contributed by atoms with E-state index in [9.17, 15) is 9.59 Å². The van der Waals surface area contributed by atoms with Crippen molar-refractivity contribution in [1.82, 2.24) is 15.3 Å². The number of carbonyl (C=O) groups excluding carboxylic acids is 1. The molecule has 98 valence electrons. The van der Waals surface area contributed by atoms with Gasteiger partial charge in [0.2, 0.25) is 5.91 Å². The van der Waals surface area contributed by atoms with Crippen molar-refractivity contribution in [3.05, 3.63) is 18.2 Å². The van der Waals surface area contributed by atoms with E-state index in [0.717, 1.165) is 6.42 Å². The molecular formula is C11H15N3O4. The number of aromatic nitrogens is 2. The standard InChI is InChI=1S/C11H15N3O4/c15-10(9-2-1-3-18-9)14-8(11(16)17)4-7-5-12-6-13-7/h5-6,8-9H,1-4H2,(H,12,13)(H,14,15)(H,16,17)/t8?,9-/m1/s1. The Morgan fingerprint density at radius 2 is 2.50 bits per heavy atom. The first-order chi connectivity index (χ1) is 8.66. The molecule has 1 aromatic rings. The van der Waals surface area contributed by atoms with Crippen molar-refractivity contribution in [3.8, 4) is 0 Å². The highest BCUT2D eigenvalue weighted by Crippen LogP contribution is 2.12. The fourth-order valence-electron chi connectivity index (χ4n) is 1.87. The molecule has 0 radical (unpaired) electrons. The van der Waals surface area contributed by atoms with Gasteiger partial charge in [-0.2, -0.15) is 0 Å². The first-order valence-corrected chi connectivity index (χ1v) is 5.79. The first kappa shape index (κ1) is 12.6. The highest BCUT2D eigenvalue weighted by Gasteiger charge is 2.28. The number of ether oxygens (including phenoxy) is 1. The molecule has 0 bridgehead atoms. The number of H-pyrrole nitrogens is 1. The first-order valence-electron chi connectivity index (χ1n) is 5.79. The lowest BCUT2D eigenvalue weighted by Gasteiger charge is -2.16. The number of nitrogens with one attached hydrogen (secondary N) is 2. The Hall–Kier alpha value is -1.89. The molecular weight excluding hydrogens is 238 g/mol. The summed E-state index contributed by atoms with van der Waals surface area (Å²) in [6, 6.07) is -0.970. The molecule has 3 N–H and O–H groups in total. The Labute approximate surface area is 104 Å². The van der Waals surface area contributed by atoms with Crippen LogP contribution in [0.2, 0.25) is 0 Å². The van der Waals surface area contributed by atoms with Gasteiger partial charge in [-0.3, -0.25) is 4.79 Å². The van der Waals surface area contributed by atoms with E-state index in [0.29, 0.717) is 18.7 Å². The summed E-state index contributed by atoms with van der Waals surface area (Å²) in [6.45, 7) is 0.552. The maximum atomic E-state index is 11.8. The van der Waals surface area contributed by atoms with Crippen molar-refractivity contribution in [2.24, 2.45) is 0 Å². The molecule has 1 unspecified atom stereocenters. The minimum absolute atomic E-state index is 0.174. The second kappa shape index (κ2) is 5.63. The zero-order valence-electron chi connectivity index (χ0n) is 9.76. The van der Waals surface area contributed by atoms with E-state index in [1.165, 1.54) is 12.5 Å². The predicted molar refractivity (Wildman–Crippen MR) is 60.8 cm³/mol. The lowest BCUT2D eigenvalue weighted by Crippen LogP contribution is -2.46. The summed E-state index contributed by atoms with van der Waals surface area (Å²) < 4.78 is 5.21. The monoisotopic (exact) mass is 253 g/mol. The summed E-state index contributed by atoms with van der Waals surface area (Å²) >= 11 is 0. The molecule has 0 aliphatic carbocycles. The van der Waals surface area contributed by atoms with Gasteiger partial charge in [0.1, 0.15) is 12.1 Å². The number of carbonyl (C=O) groups is 2. The number of nitrogens with zero attached hydrogens (tertiary/aromatic N) is 1. The maximum absolute atomic E-state index is 11.8. The minimum Gasteiger partial charge on any atom is -0.480 e. The fraction of sp³-hybridized carbons (Fsp3) is 0.545. The van der Waals surface area contributed by atoms with E-state index in [1.807, 2.05) is 0 Å². The van der Waals surface area contributed by atoms with Crippen molar-refractivity contribution in [2.45, 2.75) is 31.4 Å². The van der Waals surface area contributed by atoms with Crippen LogP contribution in [-0.2, 0) is 20.7 Å².